The van der Waals surface area contributed by atoms with E-state index < -0.39 is 21.4 Å². The summed E-state index contributed by atoms with van der Waals surface area (Å²) in [5.74, 6) is 1.32. The van der Waals surface area contributed by atoms with E-state index in [2.05, 4.69) is 24.9 Å². The first kappa shape index (κ1) is 27.7. The minimum absolute atomic E-state index is 0.0246. The Morgan fingerprint density at radius 1 is 1.08 bits per heavy atom. The van der Waals surface area contributed by atoms with Crippen LogP contribution in [0.25, 0.3) is 5.69 Å². The van der Waals surface area contributed by atoms with Crippen molar-refractivity contribution in [1.29, 1.82) is 0 Å². The van der Waals surface area contributed by atoms with Gasteiger partial charge in [0.25, 0.3) is 0 Å². The maximum absolute atomic E-state index is 13.8. The van der Waals surface area contributed by atoms with Gasteiger partial charge in [0.2, 0.25) is 16.0 Å². The third-order valence-electron chi connectivity index (χ3n) is 6.19. The van der Waals surface area contributed by atoms with E-state index in [-0.39, 0.29) is 18.2 Å². The molecule has 4 rings (SSSR count). The summed E-state index contributed by atoms with van der Waals surface area (Å²) in [6.45, 7) is 7.61. The van der Waals surface area contributed by atoms with Gasteiger partial charge in [-0.15, -0.1) is 10.2 Å². The third-order valence-corrected chi connectivity index (χ3v) is 7.88. The van der Waals surface area contributed by atoms with Crippen molar-refractivity contribution in [3.05, 3.63) is 47.8 Å². The molecule has 1 aromatic carbocycles. The molecular formula is C25H34N6O6S. The van der Waals surface area contributed by atoms with Crippen LogP contribution in [0.2, 0.25) is 0 Å². The number of aromatic nitrogens is 5. The van der Waals surface area contributed by atoms with E-state index in [1.165, 1.54) is 20.4 Å². The lowest BCUT2D eigenvalue weighted by atomic mass is 10.2. The molecule has 206 valence electrons. The second kappa shape index (κ2) is 11.6. The van der Waals surface area contributed by atoms with Gasteiger partial charge in [0.05, 0.1) is 37.9 Å². The number of nitrogens with one attached hydrogen (secondary N) is 1. The Hall–Kier alpha value is -3.29. The van der Waals surface area contributed by atoms with E-state index in [9.17, 15) is 8.42 Å². The van der Waals surface area contributed by atoms with E-state index >= 15 is 0 Å². The average molecular weight is 547 g/mol. The summed E-state index contributed by atoms with van der Waals surface area (Å²) >= 11 is 0. The van der Waals surface area contributed by atoms with E-state index in [0.29, 0.717) is 41.0 Å². The van der Waals surface area contributed by atoms with Crippen molar-refractivity contribution < 1.29 is 27.4 Å². The van der Waals surface area contributed by atoms with Gasteiger partial charge in [0.15, 0.2) is 5.82 Å². The van der Waals surface area contributed by atoms with Gasteiger partial charge in [0.1, 0.15) is 34.6 Å². The Kier molecular flexibility index (Phi) is 8.48. The molecule has 0 saturated carbocycles. The molecule has 38 heavy (non-hydrogen) atoms. The molecule has 3 aromatic rings. The zero-order valence-corrected chi connectivity index (χ0v) is 23.2. The van der Waals surface area contributed by atoms with Crippen LogP contribution >= 0.6 is 0 Å². The monoisotopic (exact) mass is 546 g/mol. The minimum atomic E-state index is -4.08. The zero-order valence-electron chi connectivity index (χ0n) is 22.4. The lowest BCUT2D eigenvalue weighted by molar-refractivity contribution is 0.00394. The summed E-state index contributed by atoms with van der Waals surface area (Å²) in [7, 11) is -1.04. The smallest absolute Gasteiger partial charge is 0.243 e. The highest BCUT2D eigenvalue weighted by atomic mass is 32.2. The van der Waals surface area contributed by atoms with Crippen molar-refractivity contribution in [3.63, 3.8) is 0 Å². The van der Waals surface area contributed by atoms with Crippen LogP contribution in [0.3, 0.4) is 0 Å². The molecule has 3 atom stereocenters. The predicted octanol–water partition coefficient (Wildman–Crippen LogP) is 3.53. The molecule has 12 nitrogen and oxygen atoms in total. The maximum Gasteiger partial charge on any atom is 0.243 e. The van der Waals surface area contributed by atoms with Gasteiger partial charge in [-0.1, -0.05) is 6.07 Å². The first-order valence-electron chi connectivity index (χ1n) is 12.4. The number of rotatable bonds is 11. The van der Waals surface area contributed by atoms with Crippen LogP contribution in [0.15, 0.2) is 30.6 Å². The van der Waals surface area contributed by atoms with E-state index in [4.69, 9.17) is 18.9 Å². The third kappa shape index (κ3) is 5.74. The molecule has 0 aliphatic carbocycles. The van der Waals surface area contributed by atoms with Crippen LogP contribution in [0.4, 0.5) is 5.95 Å². The molecular weight excluding hydrogens is 512 g/mol. The first-order valence-corrected chi connectivity index (χ1v) is 13.9. The number of anilines is 1. The van der Waals surface area contributed by atoms with Crippen molar-refractivity contribution in [3.8, 4) is 17.2 Å². The first-order chi connectivity index (χ1) is 18.2. The summed E-state index contributed by atoms with van der Waals surface area (Å²) in [4.78, 5) is 8.65. The normalized spacial score (nSPS) is 17.4. The van der Waals surface area contributed by atoms with Gasteiger partial charge in [0, 0.05) is 12.8 Å². The molecule has 13 heteroatoms. The van der Waals surface area contributed by atoms with Crippen molar-refractivity contribution >= 4 is 16.0 Å². The summed E-state index contributed by atoms with van der Waals surface area (Å²) in [6, 6.07) is 5.28. The van der Waals surface area contributed by atoms with E-state index in [0.717, 1.165) is 12.8 Å². The Labute approximate surface area is 222 Å². The molecule has 1 aliphatic rings. The topological polar surface area (TPSA) is 140 Å². The second-order valence-electron chi connectivity index (χ2n) is 9.27. The van der Waals surface area contributed by atoms with Crippen molar-refractivity contribution in [2.24, 2.45) is 0 Å². The minimum Gasteiger partial charge on any atom is -0.494 e. The number of hydrogen-bond donors (Lipinski definition) is 1. The number of nitrogens with zero attached hydrogens (tertiary/aromatic N) is 5. The largest absolute Gasteiger partial charge is 0.494 e. The van der Waals surface area contributed by atoms with Gasteiger partial charge in [-0.05, 0) is 52.7 Å². The number of para-hydroxylation sites is 1. The van der Waals surface area contributed by atoms with Crippen molar-refractivity contribution in [1.82, 2.24) is 24.7 Å². The van der Waals surface area contributed by atoms with Crippen molar-refractivity contribution in [2.75, 3.05) is 25.5 Å². The molecule has 0 radical (unpaired) electrons. The van der Waals surface area contributed by atoms with Gasteiger partial charge in [-0.2, -0.15) is 0 Å². The highest BCUT2D eigenvalue weighted by molar-refractivity contribution is 7.93. The molecule has 1 N–H and O–H groups in total. The van der Waals surface area contributed by atoms with Gasteiger partial charge < -0.3 is 18.9 Å². The standard InChI is InChI=1S/C25H34N6O6S/c1-15(2)37-23(18-14-26-16(3)13-27-18)17(4)38(32,33)30-25-29-28-24(21-11-8-12-36-21)31(25)22-19(34-5)9-7-10-20(22)35-6/h7,9-10,13-15,17,21,23H,8,11-12H2,1-6H3,(H,29,30)/t17-,21?,23+/m0/s1. The molecule has 1 aliphatic heterocycles. The lowest BCUT2D eigenvalue weighted by Crippen LogP contribution is -2.34. The van der Waals surface area contributed by atoms with Gasteiger partial charge in [-0.3, -0.25) is 19.3 Å². The highest BCUT2D eigenvalue weighted by Crippen LogP contribution is 2.39. The van der Waals surface area contributed by atoms with Crippen molar-refractivity contribution in [2.45, 2.75) is 64.1 Å². The number of sulfonamides is 1. The van der Waals surface area contributed by atoms with Crippen LogP contribution in [-0.2, 0) is 19.5 Å². The van der Waals surface area contributed by atoms with Crippen LogP contribution < -0.4 is 14.2 Å². The van der Waals surface area contributed by atoms with Crippen LogP contribution in [0.1, 0.15) is 63.0 Å². The fourth-order valence-electron chi connectivity index (χ4n) is 4.27. The van der Waals surface area contributed by atoms with E-state index in [1.807, 2.05) is 13.8 Å². The molecule has 2 aromatic heterocycles. The molecule has 3 heterocycles. The van der Waals surface area contributed by atoms with E-state index in [1.54, 1.807) is 42.8 Å². The lowest BCUT2D eigenvalue weighted by Gasteiger charge is -2.26. The summed E-state index contributed by atoms with van der Waals surface area (Å²) in [5, 5.41) is 7.49. The zero-order chi connectivity index (χ0) is 27.4. The fraction of sp³-hybridized carbons (Fsp3) is 0.520. The number of ether oxygens (including phenoxy) is 4. The second-order valence-corrected chi connectivity index (χ2v) is 11.3. The summed E-state index contributed by atoms with van der Waals surface area (Å²) < 4.78 is 54.8. The SMILES string of the molecule is COc1cccc(OC)c1-n1c(NS(=O)(=O)[C@@H](C)[C@@H](OC(C)C)c2cnc(C)cn2)nnc1C1CCCO1. The van der Waals surface area contributed by atoms with Crippen LogP contribution in [0.5, 0.6) is 11.5 Å². The average Bonchev–Trinajstić information content (AvgIpc) is 3.56. The molecule has 0 bridgehead atoms. The van der Waals surface area contributed by atoms with Gasteiger partial charge in [-0.25, -0.2) is 8.42 Å². The molecule has 1 unspecified atom stereocenters. The van der Waals surface area contributed by atoms with Crippen LogP contribution in [0, 0.1) is 6.92 Å². The Bertz CT molecular complexity index is 1320. The van der Waals surface area contributed by atoms with Gasteiger partial charge >= 0.3 is 0 Å². The number of aryl methyl sites for hydroxylation is 1. The predicted molar refractivity (Wildman–Crippen MR) is 140 cm³/mol. The number of methoxy groups -OCH3 is 2. The number of benzene rings is 1. The molecule has 1 fully saturated rings. The Morgan fingerprint density at radius 2 is 1.79 bits per heavy atom. The summed E-state index contributed by atoms with van der Waals surface area (Å²) in [6.07, 6.45) is 3.18. The number of hydrogen-bond acceptors (Lipinski definition) is 10. The Morgan fingerprint density at radius 3 is 2.34 bits per heavy atom. The molecule has 0 spiro atoms. The molecule has 0 amide bonds. The maximum atomic E-state index is 13.8. The van der Waals surface area contributed by atoms with Crippen LogP contribution in [-0.4, -0.2) is 65.3 Å². The molecule has 1 saturated heterocycles. The highest BCUT2D eigenvalue weighted by Gasteiger charge is 2.36. The fourth-order valence-corrected chi connectivity index (χ4v) is 5.37. The Balaban J connectivity index is 1.78. The summed E-state index contributed by atoms with van der Waals surface area (Å²) in [5.41, 5.74) is 1.58. The quantitative estimate of drug-likeness (QED) is 0.380.